The van der Waals surface area contributed by atoms with Gasteiger partial charge in [0.15, 0.2) is 0 Å². The van der Waals surface area contributed by atoms with Gasteiger partial charge in [0, 0.05) is 44.7 Å². The molecule has 0 spiro atoms. The summed E-state index contributed by atoms with van der Waals surface area (Å²) in [5.41, 5.74) is 2.16. The fourth-order valence-electron chi connectivity index (χ4n) is 3.55. The Morgan fingerprint density at radius 1 is 1.00 bits per heavy atom. The molecule has 1 atom stereocenters. The number of carbonyl (C=O) groups excluding carboxylic acids is 2. The molecule has 2 amide bonds. The third-order valence-electron chi connectivity index (χ3n) is 5.15. The summed E-state index contributed by atoms with van der Waals surface area (Å²) in [6.45, 7) is 4.31. The van der Waals surface area contributed by atoms with Crippen molar-refractivity contribution in [2.45, 2.75) is 18.9 Å². The first-order chi connectivity index (χ1) is 15.2. The van der Waals surface area contributed by atoms with E-state index in [-0.39, 0.29) is 24.3 Å². The number of hydrogen-bond acceptors (Lipinski definition) is 4. The molecule has 1 saturated heterocycles. The van der Waals surface area contributed by atoms with Crippen LogP contribution in [0.3, 0.4) is 0 Å². The van der Waals surface area contributed by atoms with Crippen molar-refractivity contribution in [3.8, 4) is 0 Å². The van der Waals surface area contributed by atoms with Gasteiger partial charge in [-0.05, 0) is 23.6 Å². The molecule has 0 bridgehead atoms. The molecule has 31 heavy (non-hydrogen) atoms. The Balaban J connectivity index is 1.45. The van der Waals surface area contributed by atoms with Gasteiger partial charge in [0.05, 0.1) is 13.2 Å². The van der Waals surface area contributed by atoms with E-state index in [9.17, 15) is 9.59 Å². The Bertz CT molecular complexity index is 834. The topological polar surface area (TPSA) is 70.7 Å². The van der Waals surface area contributed by atoms with Crippen LogP contribution in [0.15, 0.2) is 66.7 Å². The quantitative estimate of drug-likeness (QED) is 0.578. The van der Waals surface area contributed by atoms with Gasteiger partial charge in [-0.2, -0.15) is 0 Å². The fraction of sp³-hybridized carbons (Fsp3) is 0.360. The van der Waals surface area contributed by atoms with E-state index in [0.717, 1.165) is 44.8 Å². The van der Waals surface area contributed by atoms with E-state index < -0.39 is 0 Å². The highest BCUT2D eigenvalue weighted by Crippen LogP contribution is 2.07. The maximum atomic E-state index is 12.5. The van der Waals surface area contributed by atoms with Gasteiger partial charge in [0.2, 0.25) is 11.8 Å². The standard InChI is InChI=1S/C25H31N3O3/c29-24(12-11-21-7-3-1-4-8-21)26-14-13-25(30)27-23(19-22-9-5-2-6-10-22)20-28-15-17-31-18-16-28/h1-12,23H,13-20H2,(H,26,29)(H,27,30)/b12-11+. The van der Waals surface area contributed by atoms with Crippen LogP contribution in [0.2, 0.25) is 0 Å². The van der Waals surface area contributed by atoms with E-state index >= 15 is 0 Å². The first kappa shape index (κ1) is 22.7. The number of morpholine rings is 1. The van der Waals surface area contributed by atoms with Crippen LogP contribution >= 0.6 is 0 Å². The summed E-state index contributed by atoms with van der Waals surface area (Å²) in [5, 5.41) is 5.93. The van der Waals surface area contributed by atoms with Gasteiger partial charge < -0.3 is 15.4 Å². The van der Waals surface area contributed by atoms with Gasteiger partial charge in [-0.15, -0.1) is 0 Å². The number of nitrogens with zero attached hydrogens (tertiary/aromatic N) is 1. The molecule has 6 nitrogen and oxygen atoms in total. The normalized spacial score (nSPS) is 15.5. The van der Waals surface area contributed by atoms with Gasteiger partial charge in [-0.1, -0.05) is 60.7 Å². The first-order valence-corrected chi connectivity index (χ1v) is 10.8. The number of rotatable bonds is 10. The lowest BCUT2D eigenvalue weighted by atomic mass is 10.0. The molecular weight excluding hydrogens is 390 g/mol. The summed E-state index contributed by atoms with van der Waals surface area (Å²) >= 11 is 0. The van der Waals surface area contributed by atoms with Crippen LogP contribution < -0.4 is 10.6 Å². The van der Waals surface area contributed by atoms with Crippen molar-refractivity contribution in [2.24, 2.45) is 0 Å². The number of carbonyl (C=O) groups is 2. The highest BCUT2D eigenvalue weighted by molar-refractivity contribution is 5.92. The van der Waals surface area contributed by atoms with Crippen LogP contribution in [0.1, 0.15) is 17.5 Å². The number of amides is 2. The Labute approximate surface area is 184 Å². The highest BCUT2D eigenvalue weighted by Gasteiger charge is 2.19. The predicted octanol–water partition coefficient (Wildman–Crippen LogP) is 2.27. The van der Waals surface area contributed by atoms with Crippen LogP contribution in [0.5, 0.6) is 0 Å². The van der Waals surface area contributed by atoms with Crippen molar-refractivity contribution in [1.82, 2.24) is 15.5 Å². The molecule has 164 valence electrons. The van der Waals surface area contributed by atoms with Crippen LogP contribution in [0.25, 0.3) is 6.08 Å². The maximum absolute atomic E-state index is 12.5. The molecule has 1 aliphatic rings. The summed E-state index contributed by atoms with van der Waals surface area (Å²) in [5.74, 6) is -0.257. The Hall–Kier alpha value is -2.96. The molecule has 3 rings (SSSR count). The van der Waals surface area contributed by atoms with Crippen molar-refractivity contribution in [3.63, 3.8) is 0 Å². The number of nitrogens with one attached hydrogen (secondary N) is 2. The van der Waals surface area contributed by atoms with Crippen molar-refractivity contribution in [3.05, 3.63) is 77.9 Å². The fourth-order valence-corrected chi connectivity index (χ4v) is 3.55. The molecule has 1 fully saturated rings. The molecular formula is C25H31N3O3. The van der Waals surface area contributed by atoms with E-state index in [2.05, 4.69) is 27.7 Å². The van der Waals surface area contributed by atoms with E-state index in [1.165, 1.54) is 11.6 Å². The van der Waals surface area contributed by atoms with Gasteiger partial charge in [-0.25, -0.2) is 0 Å². The Morgan fingerprint density at radius 3 is 2.39 bits per heavy atom. The summed E-state index contributed by atoms with van der Waals surface area (Å²) < 4.78 is 5.43. The molecule has 0 aromatic heterocycles. The van der Waals surface area contributed by atoms with Crippen LogP contribution in [-0.2, 0) is 20.7 Å². The van der Waals surface area contributed by atoms with Crippen molar-refractivity contribution in [2.75, 3.05) is 39.4 Å². The molecule has 6 heteroatoms. The van der Waals surface area contributed by atoms with E-state index in [4.69, 9.17) is 4.74 Å². The summed E-state index contributed by atoms with van der Waals surface area (Å²) in [7, 11) is 0. The largest absolute Gasteiger partial charge is 0.379 e. The molecule has 2 aromatic rings. The second kappa shape index (κ2) is 12.7. The second-order valence-electron chi connectivity index (χ2n) is 7.65. The Kier molecular flexibility index (Phi) is 9.29. The van der Waals surface area contributed by atoms with E-state index in [1.54, 1.807) is 6.08 Å². The monoisotopic (exact) mass is 421 g/mol. The molecule has 2 N–H and O–H groups in total. The van der Waals surface area contributed by atoms with Crippen LogP contribution in [-0.4, -0.2) is 62.1 Å². The molecule has 1 unspecified atom stereocenters. The lowest BCUT2D eigenvalue weighted by molar-refractivity contribution is -0.122. The summed E-state index contributed by atoms with van der Waals surface area (Å²) in [6.07, 6.45) is 4.27. The summed E-state index contributed by atoms with van der Waals surface area (Å²) in [6, 6.07) is 19.8. The average molecular weight is 422 g/mol. The lowest BCUT2D eigenvalue weighted by Crippen LogP contribution is -2.48. The SMILES string of the molecule is O=C(/C=C/c1ccccc1)NCCC(=O)NC(Cc1ccccc1)CN1CCOCC1. The van der Waals surface area contributed by atoms with Crippen molar-refractivity contribution < 1.29 is 14.3 Å². The van der Waals surface area contributed by atoms with Crippen LogP contribution in [0.4, 0.5) is 0 Å². The van der Waals surface area contributed by atoms with E-state index in [1.807, 2.05) is 48.5 Å². The number of hydrogen-bond donors (Lipinski definition) is 2. The van der Waals surface area contributed by atoms with Crippen molar-refractivity contribution >= 4 is 17.9 Å². The minimum atomic E-state index is -0.203. The second-order valence-corrected chi connectivity index (χ2v) is 7.65. The lowest BCUT2D eigenvalue weighted by Gasteiger charge is -2.31. The minimum absolute atomic E-state index is 0.0154. The third-order valence-corrected chi connectivity index (χ3v) is 5.15. The maximum Gasteiger partial charge on any atom is 0.244 e. The highest BCUT2D eigenvalue weighted by atomic mass is 16.5. The minimum Gasteiger partial charge on any atom is -0.379 e. The van der Waals surface area contributed by atoms with E-state index in [0.29, 0.717) is 6.54 Å². The zero-order valence-electron chi connectivity index (χ0n) is 17.8. The average Bonchev–Trinajstić information content (AvgIpc) is 2.80. The molecule has 0 radical (unpaired) electrons. The van der Waals surface area contributed by atoms with Crippen LogP contribution in [0, 0.1) is 0 Å². The van der Waals surface area contributed by atoms with Gasteiger partial charge >= 0.3 is 0 Å². The first-order valence-electron chi connectivity index (χ1n) is 10.8. The zero-order chi connectivity index (χ0) is 21.7. The molecule has 1 heterocycles. The predicted molar refractivity (Wildman–Crippen MR) is 122 cm³/mol. The molecule has 0 saturated carbocycles. The zero-order valence-corrected chi connectivity index (χ0v) is 17.8. The third kappa shape index (κ3) is 8.74. The summed E-state index contributed by atoms with van der Waals surface area (Å²) in [4.78, 5) is 26.8. The van der Waals surface area contributed by atoms with Gasteiger partial charge in [0.1, 0.15) is 0 Å². The smallest absolute Gasteiger partial charge is 0.244 e. The molecule has 1 aliphatic heterocycles. The number of benzene rings is 2. The van der Waals surface area contributed by atoms with Crippen molar-refractivity contribution in [1.29, 1.82) is 0 Å². The van der Waals surface area contributed by atoms with Gasteiger partial charge in [0.25, 0.3) is 0 Å². The molecule has 0 aliphatic carbocycles. The number of ether oxygens (including phenoxy) is 1. The Morgan fingerprint density at radius 2 is 1.68 bits per heavy atom. The van der Waals surface area contributed by atoms with Gasteiger partial charge in [-0.3, -0.25) is 14.5 Å². The molecule has 2 aromatic carbocycles.